The molecular formula is C16H24N2O2. The van der Waals surface area contributed by atoms with Crippen LogP contribution in [0, 0.1) is 12.3 Å². The smallest absolute Gasteiger partial charge is 0.220 e. The molecule has 1 aromatic heterocycles. The van der Waals surface area contributed by atoms with Crippen molar-refractivity contribution in [3.63, 3.8) is 0 Å². The fourth-order valence-electron chi connectivity index (χ4n) is 3.81. The molecule has 1 fully saturated rings. The maximum atomic E-state index is 11.3. The van der Waals surface area contributed by atoms with E-state index in [0.717, 1.165) is 24.8 Å². The summed E-state index contributed by atoms with van der Waals surface area (Å²) in [4.78, 5) is 11.3. The third-order valence-corrected chi connectivity index (χ3v) is 4.72. The summed E-state index contributed by atoms with van der Waals surface area (Å²) in [6.07, 6.45) is 2.96. The zero-order valence-corrected chi connectivity index (χ0v) is 12.6. The molecule has 4 heteroatoms. The van der Waals surface area contributed by atoms with Gasteiger partial charge in [-0.3, -0.25) is 4.79 Å². The minimum atomic E-state index is -0.355. The number of hydrogen-bond donors (Lipinski definition) is 2. The predicted octanol–water partition coefficient (Wildman–Crippen LogP) is 2.25. The number of aryl methyl sites for hydroxylation is 1. The number of amides is 1. The SMILES string of the molecule is Cc1cc2c(n1C1CCC(=O)NC1)CC(C)(C)CC2O. The lowest BCUT2D eigenvalue weighted by atomic mass is 9.75. The van der Waals surface area contributed by atoms with Crippen molar-refractivity contribution in [3.8, 4) is 0 Å². The number of carbonyl (C=O) groups is 1. The van der Waals surface area contributed by atoms with Crippen molar-refractivity contribution in [2.24, 2.45) is 5.41 Å². The molecule has 0 aromatic carbocycles. The molecule has 1 aliphatic carbocycles. The van der Waals surface area contributed by atoms with E-state index in [2.05, 4.69) is 36.7 Å². The molecule has 1 saturated heterocycles. The molecule has 1 amide bonds. The standard InChI is InChI=1S/C16H24N2O2/c1-10-6-12-13(7-16(2,3)8-14(12)19)18(10)11-4-5-15(20)17-9-11/h6,11,14,19H,4-5,7-9H2,1-3H3,(H,17,20). The van der Waals surface area contributed by atoms with E-state index < -0.39 is 0 Å². The van der Waals surface area contributed by atoms with Gasteiger partial charge in [-0.25, -0.2) is 0 Å². The number of piperidine rings is 1. The van der Waals surface area contributed by atoms with Gasteiger partial charge >= 0.3 is 0 Å². The lowest BCUT2D eigenvalue weighted by Gasteiger charge is -2.36. The summed E-state index contributed by atoms with van der Waals surface area (Å²) in [5.74, 6) is 0.153. The topological polar surface area (TPSA) is 54.3 Å². The Kier molecular flexibility index (Phi) is 3.16. The van der Waals surface area contributed by atoms with Crippen molar-refractivity contribution >= 4 is 5.91 Å². The molecule has 0 bridgehead atoms. The average Bonchev–Trinajstić information content (AvgIpc) is 2.66. The first-order valence-electron chi connectivity index (χ1n) is 7.53. The summed E-state index contributed by atoms with van der Waals surface area (Å²) in [6, 6.07) is 2.46. The number of aliphatic hydroxyl groups is 1. The second-order valence-electron chi connectivity index (χ2n) is 7.12. The van der Waals surface area contributed by atoms with Gasteiger partial charge in [0, 0.05) is 29.9 Å². The van der Waals surface area contributed by atoms with Crippen LogP contribution in [0.25, 0.3) is 0 Å². The summed E-state index contributed by atoms with van der Waals surface area (Å²) in [7, 11) is 0. The third-order valence-electron chi connectivity index (χ3n) is 4.72. The van der Waals surface area contributed by atoms with E-state index in [9.17, 15) is 9.90 Å². The molecule has 1 aromatic rings. The highest BCUT2D eigenvalue weighted by atomic mass is 16.3. The van der Waals surface area contributed by atoms with Crippen LogP contribution in [-0.2, 0) is 11.2 Å². The number of rotatable bonds is 1. The second-order valence-corrected chi connectivity index (χ2v) is 7.12. The fourth-order valence-corrected chi connectivity index (χ4v) is 3.81. The summed E-state index contributed by atoms with van der Waals surface area (Å²) >= 11 is 0. The molecule has 1 aliphatic heterocycles. The summed E-state index contributed by atoms with van der Waals surface area (Å²) < 4.78 is 2.36. The maximum Gasteiger partial charge on any atom is 0.220 e. The van der Waals surface area contributed by atoms with Crippen LogP contribution in [0.15, 0.2) is 6.07 Å². The Labute approximate surface area is 120 Å². The highest BCUT2D eigenvalue weighted by molar-refractivity contribution is 5.76. The van der Waals surface area contributed by atoms with Crippen LogP contribution in [0.3, 0.4) is 0 Å². The van der Waals surface area contributed by atoms with Gasteiger partial charge in [-0.1, -0.05) is 13.8 Å². The van der Waals surface area contributed by atoms with Gasteiger partial charge in [0.25, 0.3) is 0 Å². The van der Waals surface area contributed by atoms with Crippen LogP contribution in [0.2, 0.25) is 0 Å². The Morgan fingerprint density at radius 2 is 2.20 bits per heavy atom. The van der Waals surface area contributed by atoms with Gasteiger partial charge in [0.1, 0.15) is 0 Å². The van der Waals surface area contributed by atoms with Crippen molar-refractivity contribution in [2.45, 2.75) is 58.6 Å². The molecule has 20 heavy (non-hydrogen) atoms. The molecular weight excluding hydrogens is 252 g/mol. The average molecular weight is 276 g/mol. The molecule has 0 radical (unpaired) electrons. The van der Waals surface area contributed by atoms with Gasteiger partial charge in [0.15, 0.2) is 0 Å². The van der Waals surface area contributed by atoms with Gasteiger partial charge in [0.05, 0.1) is 12.1 Å². The number of aliphatic hydroxyl groups excluding tert-OH is 1. The van der Waals surface area contributed by atoms with Crippen molar-refractivity contribution in [1.82, 2.24) is 9.88 Å². The van der Waals surface area contributed by atoms with Crippen LogP contribution in [0.4, 0.5) is 0 Å². The summed E-state index contributed by atoms with van der Waals surface area (Å²) in [6.45, 7) is 7.24. The highest BCUT2D eigenvalue weighted by Crippen LogP contribution is 2.43. The summed E-state index contributed by atoms with van der Waals surface area (Å²) in [5.41, 5.74) is 3.70. The van der Waals surface area contributed by atoms with Gasteiger partial charge in [-0.05, 0) is 37.7 Å². The van der Waals surface area contributed by atoms with E-state index in [1.807, 2.05) is 0 Å². The molecule has 2 N–H and O–H groups in total. The molecule has 2 unspecified atom stereocenters. The first-order chi connectivity index (χ1) is 9.37. The zero-order chi connectivity index (χ0) is 14.5. The highest BCUT2D eigenvalue weighted by Gasteiger charge is 2.35. The Balaban J connectivity index is 1.98. The molecule has 0 spiro atoms. The number of aromatic nitrogens is 1. The lowest BCUT2D eigenvalue weighted by molar-refractivity contribution is -0.122. The molecule has 4 nitrogen and oxygen atoms in total. The van der Waals surface area contributed by atoms with E-state index in [-0.39, 0.29) is 17.4 Å². The zero-order valence-electron chi connectivity index (χ0n) is 12.6. The number of nitrogens with zero attached hydrogens (tertiary/aromatic N) is 1. The van der Waals surface area contributed by atoms with E-state index in [4.69, 9.17) is 0 Å². The van der Waals surface area contributed by atoms with Crippen molar-refractivity contribution in [2.75, 3.05) is 6.54 Å². The van der Waals surface area contributed by atoms with Crippen LogP contribution in [-0.4, -0.2) is 22.1 Å². The fraction of sp³-hybridized carbons (Fsp3) is 0.688. The van der Waals surface area contributed by atoms with Gasteiger partial charge < -0.3 is 15.0 Å². The number of carbonyl (C=O) groups excluding carboxylic acids is 1. The Hall–Kier alpha value is -1.29. The molecule has 3 rings (SSSR count). The first-order valence-corrected chi connectivity index (χ1v) is 7.53. The Morgan fingerprint density at radius 3 is 2.85 bits per heavy atom. The van der Waals surface area contributed by atoms with Crippen LogP contribution in [0.1, 0.15) is 62.2 Å². The molecule has 110 valence electrons. The predicted molar refractivity (Wildman–Crippen MR) is 77.5 cm³/mol. The molecule has 0 saturated carbocycles. The first kappa shape index (κ1) is 13.7. The minimum Gasteiger partial charge on any atom is -0.388 e. The number of nitrogens with one attached hydrogen (secondary N) is 1. The Morgan fingerprint density at radius 1 is 1.45 bits per heavy atom. The maximum absolute atomic E-state index is 11.3. The van der Waals surface area contributed by atoms with Crippen molar-refractivity contribution in [1.29, 1.82) is 0 Å². The van der Waals surface area contributed by atoms with Gasteiger partial charge in [0.2, 0.25) is 5.91 Å². The summed E-state index contributed by atoms with van der Waals surface area (Å²) in [5, 5.41) is 13.4. The number of hydrogen-bond acceptors (Lipinski definition) is 2. The van der Waals surface area contributed by atoms with E-state index in [1.165, 1.54) is 11.4 Å². The van der Waals surface area contributed by atoms with Crippen molar-refractivity contribution in [3.05, 3.63) is 23.0 Å². The van der Waals surface area contributed by atoms with Crippen molar-refractivity contribution < 1.29 is 9.90 Å². The lowest BCUT2D eigenvalue weighted by Crippen LogP contribution is -2.38. The van der Waals surface area contributed by atoms with Gasteiger partial charge in [-0.2, -0.15) is 0 Å². The molecule has 2 heterocycles. The quantitative estimate of drug-likeness (QED) is 0.826. The van der Waals surface area contributed by atoms with Crippen LogP contribution in [0.5, 0.6) is 0 Å². The minimum absolute atomic E-state index is 0.132. The van der Waals surface area contributed by atoms with Gasteiger partial charge in [-0.15, -0.1) is 0 Å². The second kappa shape index (κ2) is 4.62. The Bertz CT molecular complexity index is 535. The van der Waals surface area contributed by atoms with Crippen LogP contribution >= 0.6 is 0 Å². The molecule has 2 atom stereocenters. The monoisotopic (exact) mass is 276 g/mol. The largest absolute Gasteiger partial charge is 0.388 e. The van der Waals surface area contributed by atoms with E-state index >= 15 is 0 Å². The van der Waals surface area contributed by atoms with Crippen LogP contribution < -0.4 is 5.32 Å². The number of fused-ring (bicyclic) bond motifs is 1. The third kappa shape index (κ3) is 2.26. The van der Waals surface area contributed by atoms with E-state index in [0.29, 0.717) is 19.0 Å². The molecule has 2 aliphatic rings. The van der Waals surface area contributed by atoms with E-state index in [1.54, 1.807) is 0 Å². The normalized spacial score (nSPS) is 28.9.